The number of imidazole rings is 1. The summed E-state index contributed by atoms with van der Waals surface area (Å²) in [4.78, 5) is 11.5. The van der Waals surface area contributed by atoms with Crippen LogP contribution < -0.4 is 15.5 Å². The van der Waals surface area contributed by atoms with Crippen molar-refractivity contribution in [2.45, 2.75) is 32.2 Å². The average Bonchev–Trinajstić information content (AvgIpc) is 3.34. The smallest absolute Gasteiger partial charge is 0.191 e. The molecule has 1 unspecified atom stereocenters. The zero-order valence-electron chi connectivity index (χ0n) is 17.9. The molecule has 2 N–H and O–H groups in total. The third-order valence-electron chi connectivity index (χ3n) is 5.44. The van der Waals surface area contributed by atoms with Crippen LogP contribution in [0.1, 0.15) is 24.1 Å². The van der Waals surface area contributed by atoms with Crippen molar-refractivity contribution in [3.05, 3.63) is 48.2 Å². The third kappa shape index (κ3) is 5.24. The van der Waals surface area contributed by atoms with E-state index in [0.717, 1.165) is 56.2 Å². The lowest BCUT2D eigenvalue weighted by Gasteiger charge is -2.34. The lowest BCUT2D eigenvalue weighted by molar-refractivity contribution is 0.468. The Hall–Kier alpha value is -2.30. The molecular weight excluding hydrogens is 491 g/mol. The second kappa shape index (κ2) is 10.1. The van der Waals surface area contributed by atoms with Gasteiger partial charge in [-0.15, -0.1) is 24.0 Å². The number of aliphatic imine (C=N–C) groups is 1. The van der Waals surface area contributed by atoms with Gasteiger partial charge in [0.05, 0.1) is 17.6 Å². The maximum absolute atomic E-state index is 4.74. The molecule has 1 aliphatic heterocycles. The van der Waals surface area contributed by atoms with Crippen LogP contribution in [0.15, 0.2) is 41.9 Å². The molecule has 0 amide bonds. The minimum atomic E-state index is 0. The van der Waals surface area contributed by atoms with E-state index in [-0.39, 0.29) is 24.0 Å². The summed E-state index contributed by atoms with van der Waals surface area (Å²) >= 11 is 0. The highest BCUT2D eigenvalue weighted by atomic mass is 127. The van der Waals surface area contributed by atoms with Gasteiger partial charge < -0.3 is 19.9 Å². The van der Waals surface area contributed by atoms with E-state index in [0.29, 0.717) is 6.04 Å². The second-order valence-electron chi connectivity index (χ2n) is 7.71. The molecule has 0 radical (unpaired) electrons. The first-order valence-electron chi connectivity index (χ1n) is 10.3. The number of halogens is 1. The van der Waals surface area contributed by atoms with Crippen molar-refractivity contribution >= 4 is 41.3 Å². The molecular formula is C21H31IN8. The number of nitrogens with zero attached hydrogens (tertiary/aromatic N) is 6. The van der Waals surface area contributed by atoms with Crippen molar-refractivity contribution in [3.63, 3.8) is 0 Å². The number of rotatable bonds is 5. The van der Waals surface area contributed by atoms with Gasteiger partial charge in [-0.1, -0.05) is 6.07 Å². The number of aromatic nitrogens is 4. The molecule has 4 rings (SSSR count). The molecule has 30 heavy (non-hydrogen) atoms. The number of aryl methyl sites for hydroxylation is 2. The van der Waals surface area contributed by atoms with Crippen LogP contribution >= 0.6 is 24.0 Å². The minimum absolute atomic E-state index is 0. The largest absolute Gasteiger partial charge is 0.367 e. The molecule has 0 aromatic carbocycles. The van der Waals surface area contributed by atoms with Crippen molar-refractivity contribution in [3.8, 4) is 0 Å². The van der Waals surface area contributed by atoms with Crippen molar-refractivity contribution in [1.82, 2.24) is 29.8 Å². The fourth-order valence-corrected chi connectivity index (χ4v) is 3.92. The van der Waals surface area contributed by atoms with Gasteiger partial charge in [0, 0.05) is 64.8 Å². The highest BCUT2D eigenvalue weighted by Crippen LogP contribution is 2.19. The standard InChI is InChI=1S/C21H30N8.HI/c1-16-6-4-11-29-14-18(25-20(16)29)8-9-23-21(22-2)26-17-7-5-10-28(13-17)19-12-24-27(3)15-19;/h4,6,11-12,14-15,17H,5,7-10,13H2,1-3H3,(H2,22,23,26);1H. The number of fused-ring (bicyclic) bond motifs is 1. The van der Waals surface area contributed by atoms with Gasteiger partial charge in [0.1, 0.15) is 5.65 Å². The summed E-state index contributed by atoms with van der Waals surface area (Å²) in [5.74, 6) is 0.850. The van der Waals surface area contributed by atoms with E-state index in [2.05, 4.69) is 61.5 Å². The molecule has 162 valence electrons. The van der Waals surface area contributed by atoms with E-state index >= 15 is 0 Å². The quantitative estimate of drug-likeness (QED) is 0.306. The molecule has 0 saturated carbocycles. The Morgan fingerprint density at radius 2 is 2.20 bits per heavy atom. The number of hydrogen-bond donors (Lipinski definition) is 2. The highest BCUT2D eigenvalue weighted by Gasteiger charge is 2.21. The molecule has 1 aliphatic rings. The summed E-state index contributed by atoms with van der Waals surface area (Å²) in [5.41, 5.74) is 4.49. The Labute approximate surface area is 194 Å². The number of guanidine groups is 1. The lowest BCUT2D eigenvalue weighted by Crippen LogP contribution is -2.51. The fraction of sp³-hybridized carbons (Fsp3) is 0.476. The molecule has 1 fully saturated rings. The van der Waals surface area contributed by atoms with Gasteiger partial charge in [0.2, 0.25) is 0 Å². The molecule has 1 atom stereocenters. The molecule has 0 bridgehead atoms. The van der Waals surface area contributed by atoms with Crippen LogP contribution in [-0.4, -0.2) is 57.8 Å². The second-order valence-corrected chi connectivity index (χ2v) is 7.71. The predicted molar refractivity (Wildman–Crippen MR) is 132 cm³/mol. The molecule has 3 aromatic rings. The van der Waals surface area contributed by atoms with E-state index in [1.807, 2.05) is 31.2 Å². The SMILES string of the molecule is CN=C(NCCc1cn2cccc(C)c2n1)NC1CCCN(c2cnn(C)c2)C1.I. The molecule has 4 heterocycles. The maximum atomic E-state index is 4.74. The monoisotopic (exact) mass is 522 g/mol. The van der Waals surface area contributed by atoms with Crippen molar-refractivity contribution in [1.29, 1.82) is 0 Å². The molecule has 1 saturated heterocycles. The van der Waals surface area contributed by atoms with Crippen LogP contribution in [0.2, 0.25) is 0 Å². The summed E-state index contributed by atoms with van der Waals surface area (Å²) in [6, 6.07) is 4.51. The van der Waals surface area contributed by atoms with Crippen molar-refractivity contribution < 1.29 is 0 Å². The van der Waals surface area contributed by atoms with Gasteiger partial charge in [-0.05, 0) is 31.4 Å². The Balaban J connectivity index is 0.00000256. The first-order chi connectivity index (χ1) is 14.1. The van der Waals surface area contributed by atoms with Gasteiger partial charge in [0.25, 0.3) is 0 Å². The zero-order valence-corrected chi connectivity index (χ0v) is 20.2. The van der Waals surface area contributed by atoms with E-state index in [1.54, 1.807) is 0 Å². The predicted octanol–water partition coefficient (Wildman–Crippen LogP) is 2.37. The normalized spacial score (nSPS) is 17.1. The Kier molecular flexibility index (Phi) is 7.57. The van der Waals surface area contributed by atoms with E-state index in [4.69, 9.17) is 4.98 Å². The Bertz CT molecular complexity index is 992. The lowest BCUT2D eigenvalue weighted by atomic mass is 10.1. The van der Waals surface area contributed by atoms with Gasteiger partial charge in [-0.3, -0.25) is 9.67 Å². The summed E-state index contributed by atoms with van der Waals surface area (Å²) < 4.78 is 3.94. The molecule has 8 nitrogen and oxygen atoms in total. The number of pyridine rings is 1. The molecule has 0 aliphatic carbocycles. The van der Waals surface area contributed by atoms with Gasteiger partial charge in [-0.2, -0.15) is 5.10 Å². The van der Waals surface area contributed by atoms with E-state index in [1.165, 1.54) is 11.3 Å². The molecule has 9 heteroatoms. The van der Waals surface area contributed by atoms with Crippen molar-refractivity contribution in [2.75, 3.05) is 31.6 Å². The maximum Gasteiger partial charge on any atom is 0.191 e. The Morgan fingerprint density at radius 1 is 1.33 bits per heavy atom. The Morgan fingerprint density at radius 3 is 2.93 bits per heavy atom. The summed E-state index contributed by atoms with van der Waals surface area (Å²) in [6.45, 7) is 4.91. The van der Waals surface area contributed by atoms with Crippen LogP contribution in [0.25, 0.3) is 5.65 Å². The minimum Gasteiger partial charge on any atom is -0.367 e. The number of piperidine rings is 1. The molecule has 3 aromatic heterocycles. The molecule has 0 spiro atoms. The van der Waals surface area contributed by atoms with Crippen LogP contribution in [0.3, 0.4) is 0 Å². The summed E-state index contributed by atoms with van der Waals surface area (Å²) in [6.07, 6.45) is 11.3. The van der Waals surface area contributed by atoms with Gasteiger partial charge in [-0.25, -0.2) is 4.98 Å². The van der Waals surface area contributed by atoms with Crippen LogP contribution in [0.5, 0.6) is 0 Å². The average molecular weight is 522 g/mol. The zero-order chi connectivity index (χ0) is 20.2. The third-order valence-corrected chi connectivity index (χ3v) is 5.44. The summed E-state index contributed by atoms with van der Waals surface area (Å²) in [7, 11) is 3.78. The topological polar surface area (TPSA) is 74.8 Å². The van der Waals surface area contributed by atoms with Gasteiger partial charge >= 0.3 is 0 Å². The van der Waals surface area contributed by atoms with Crippen molar-refractivity contribution in [2.24, 2.45) is 12.0 Å². The fourth-order valence-electron chi connectivity index (χ4n) is 3.92. The number of hydrogen-bond acceptors (Lipinski definition) is 4. The first-order valence-corrected chi connectivity index (χ1v) is 10.3. The summed E-state index contributed by atoms with van der Waals surface area (Å²) in [5, 5.41) is 11.3. The van der Waals surface area contributed by atoms with E-state index < -0.39 is 0 Å². The van der Waals surface area contributed by atoms with Crippen LogP contribution in [-0.2, 0) is 13.5 Å². The highest BCUT2D eigenvalue weighted by molar-refractivity contribution is 14.0. The van der Waals surface area contributed by atoms with Crippen LogP contribution in [0, 0.1) is 6.92 Å². The number of nitrogens with one attached hydrogen (secondary N) is 2. The van der Waals surface area contributed by atoms with Crippen LogP contribution in [0.4, 0.5) is 5.69 Å². The number of anilines is 1. The van der Waals surface area contributed by atoms with E-state index in [9.17, 15) is 0 Å². The van der Waals surface area contributed by atoms with Gasteiger partial charge in [0.15, 0.2) is 5.96 Å². The first kappa shape index (κ1) is 22.4.